The number of halogens is 2. The third-order valence-electron chi connectivity index (χ3n) is 3.99. The molecular formula is C19H20Cl2N2O4. The number of hydrogen-bond donors (Lipinski definition) is 1. The molecule has 1 aromatic carbocycles. The Hall–Kier alpha value is -2.31. The van der Waals surface area contributed by atoms with E-state index < -0.39 is 29.5 Å². The van der Waals surface area contributed by atoms with Crippen molar-refractivity contribution in [2.24, 2.45) is 0 Å². The number of ether oxygens (including phenoxy) is 1. The summed E-state index contributed by atoms with van der Waals surface area (Å²) in [5.41, 5.74) is 0.165. The average Bonchev–Trinajstić information content (AvgIpc) is 2.68. The second-order valence-corrected chi connectivity index (χ2v) is 6.66. The van der Waals surface area contributed by atoms with Gasteiger partial charge in [0.05, 0.1) is 0 Å². The van der Waals surface area contributed by atoms with Crippen LogP contribution in [0.4, 0.5) is 0 Å². The van der Waals surface area contributed by atoms with Crippen molar-refractivity contribution in [3.8, 4) is 0 Å². The minimum absolute atomic E-state index is 0.0419. The van der Waals surface area contributed by atoms with Crippen LogP contribution in [0.5, 0.6) is 0 Å². The number of nitrogens with zero attached hydrogens (tertiary/aromatic N) is 1. The summed E-state index contributed by atoms with van der Waals surface area (Å²) in [5.74, 6) is -1.61. The zero-order valence-corrected chi connectivity index (χ0v) is 16.1. The van der Waals surface area contributed by atoms with Crippen LogP contribution in [0.25, 0.3) is 0 Å². The molecule has 2 rings (SSSR count). The molecule has 1 fully saturated rings. The number of β-lactam (4-membered cyclic amide) rings is 1. The van der Waals surface area contributed by atoms with E-state index in [1.165, 1.54) is 6.08 Å². The van der Waals surface area contributed by atoms with E-state index in [0.29, 0.717) is 0 Å². The molecule has 0 bridgehead atoms. The minimum Gasteiger partial charge on any atom is -0.459 e. The first-order valence-corrected chi connectivity index (χ1v) is 9.18. The van der Waals surface area contributed by atoms with Gasteiger partial charge in [-0.2, -0.15) is 0 Å². The summed E-state index contributed by atoms with van der Waals surface area (Å²) in [5, 5.41) is 2.51. The zero-order valence-electron chi connectivity index (χ0n) is 14.6. The first-order valence-electron chi connectivity index (χ1n) is 8.21. The van der Waals surface area contributed by atoms with Crippen molar-refractivity contribution in [2.75, 3.05) is 5.88 Å². The number of carbonyl (C=O) groups excluding carboxylic acids is 3. The maximum atomic E-state index is 12.6. The standard InChI is InChI=1S/C19H20Cl2N2O4/c1-3-7-14(24)22-15-17(21)23(18(15)25)16(12(2)10-20)19(26)27-11-13-8-5-4-6-9-13/h3-6,8-9,15-17H,1-2,7,10-11H2,(H,22,24). The molecule has 8 heteroatoms. The highest BCUT2D eigenvalue weighted by atomic mass is 35.5. The van der Waals surface area contributed by atoms with Crippen LogP contribution in [0.2, 0.25) is 0 Å². The number of likely N-dealkylation sites (tertiary alicyclic amines) is 1. The fraction of sp³-hybridized carbons (Fsp3) is 0.316. The molecule has 27 heavy (non-hydrogen) atoms. The van der Waals surface area contributed by atoms with Crippen LogP contribution in [0, 0.1) is 0 Å². The first-order chi connectivity index (χ1) is 12.9. The molecule has 0 saturated carbocycles. The van der Waals surface area contributed by atoms with E-state index in [1.807, 2.05) is 30.3 Å². The zero-order chi connectivity index (χ0) is 20.0. The number of rotatable bonds is 9. The number of esters is 1. The Labute approximate surface area is 167 Å². The number of hydrogen-bond acceptors (Lipinski definition) is 4. The van der Waals surface area contributed by atoms with Gasteiger partial charge in [-0.15, -0.1) is 18.2 Å². The van der Waals surface area contributed by atoms with Gasteiger partial charge in [-0.05, 0) is 11.1 Å². The summed E-state index contributed by atoms with van der Waals surface area (Å²) in [4.78, 5) is 37.8. The van der Waals surface area contributed by atoms with Gasteiger partial charge in [0.25, 0.3) is 5.91 Å². The van der Waals surface area contributed by atoms with E-state index >= 15 is 0 Å². The summed E-state index contributed by atoms with van der Waals surface area (Å²) in [6.07, 6.45) is 1.48. The number of amides is 2. The lowest BCUT2D eigenvalue weighted by molar-refractivity contribution is -0.164. The molecule has 0 radical (unpaired) electrons. The van der Waals surface area contributed by atoms with Crippen molar-refractivity contribution in [3.63, 3.8) is 0 Å². The quantitative estimate of drug-likeness (QED) is 0.223. The average molecular weight is 411 g/mol. The Balaban J connectivity index is 2.06. The summed E-state index contributed by atoms with van der Waals surface area (Å²) in [7, 11) is 0. The summed E-state index contributed by atoms with van der Waals surface area (Å²) in [6.45, 7) is 7.25. The highest BCUT2D eigenvalue weighted by Crippen LogP contribution is 2.30. The van der Waals surface area contributed by atoms with Crippen molar-refractivity contribution < 1.29 is 19.1 Å². The van der Waals surface area contributed by atoms with Gasteiger partial charge in [0.15, 0.2) is 6.04 Å². The molecule has 1 aliphatic heterocycles. The number of benzene rings is 1. The Morgan fingerprint density at radius 3 is 2.56 bits per heavy atom. The van der Waals surface area contributed by atoms with E-state index in [0.717, 1.165) is 10.5 Å². The second kappa shape index (κ2) is 9.58. The van der Waals surface area contributed by atoms with Crippen molar-refractivity contribution in [1.29, 1.82) is 0 Å². The summed E-state index contributed by atoms with van der Waals surface area (Å²) >= 11 is 12.1. The molecule has 3 unspecified atom stereocenters. The van der Waals surface area contributed by atoms with Crippen LogP contribution < -0.4 is 5.32 Å². The molecular weight excluding hydrogens is 391 g/mol. The lowest BCUT2D eigenvalue weighted by Crippen LogP contribution is -2.72. The van der Waals surface area contributed by atoms with Gasteiger partial charge in [0.1, 0.15) is 18.1 Å². The molecule has 0 aliphatic carbocycles. The fourth-order valence-electron chi connectivity index (χ4n) is 2.60. The highest BCUT2D eigenvalue weighted by molar-refractivity contribution is 6.27. The van der Waals surface area contributed by atoms with E-state index in [9.17, 15) is 14.4 Å². The molecule has 1 aliphatic rings. The normalized spacial score (nSPS) is 19.6. The van der Waals surface area contributed by atoms with Gasteiger partial charge in [-0.1, -0.05) is 54.6 Å². The molecule has 1 aromatic rings. The highest BCUT2D eigenvalue weighted by Gasteiger charge is 2.53. The van der Waals surface area contributed by atoms with Gasteiger partial charge >= 0.3 is 5.97 Å². The second-order valence-electron chi connectivity index (χ2n) is 5.94. The Morgan fingerprint density at radius 2 is 2.00 bits per heavy atom. The number of alkyl halides is 2. The topological polar surface area (TPSA) is 75.7 Å². The molecule has 6 nitrogen and oxygen atoms in total. The summed E-state index contributed by atoms with van der Waals surface area (Å²) < 4.78 is 5.31. The summed E-state index contributed by atoms with van der Waals surface area (Å²) in [6, 6.07) is 7.07. The Bertz CT molecular complexity index is 738. The van der Waals surface area contributed by atoms with Crippen LogP contribution in [0.3, 0.4) is 0 Å². The predicted molar refractivity (Wildman–Crippen MR) is 103 cm³/mol. The van der Waals surface area contributed by atoms with E-state index in [1.54, 1.807) is 0 Å². The SMILES string of the molecule is C=CCC(=O)NC1C(=O)N(C(C(=C)CCl)C(=O)OCc2ccccc2)C1Cl. The lowest BCUT2D eigenvalue weighted by atomic mass is 9.99. The van der Waals surface area contributed by atoms with E-state index in [2.05, 4.69) is 18.5 Å². The van der Waals surface area contributed by atoms with Crippen LogP contribution >= 0.6 is 23.2 Å². The minimum atomic E-state index is -1.12. The number of nitrogens with one attached hydrogen (secondary N) is 1. The van der Waals surface area contributed by atoms with Gasteiger partial charge < -0.3 is 15.0 Å². The smallest absolute Gasteiger partial charge is 0.333 e. The van der Waals surface area contributed by atoms with Crippen LogP contribution in [-0.2, 0) is 25.7 Å². The molecule has 0 aromatic heterocycles. The molecule has 1 N–H and O–H groups in total. The predicted octanol–water partition coefficient (Wildman–Crippen LogP) is 2.36. The Kier molecular flexibility index (Phi) is 7.45. The van der Waals surface area contributed by atoms with Gasteiger partial charge in [0, 0.05) is 12.3 Å². The third kappa shape index (κ3) is 4.90. The molecule has 1 heterocycles. The largest absolute Gasteiger partial charge is 0.459 e. The van der Waals surface area contributed by atoms with Crippen LogP contribution in [-0.4, -0.2) is 46.1 Å². The maximum absolute atomic E-state index is 12.6. The fourth-order valence-corrected chi connectivity index (χ4v) is 3.13. The first kappa shape index (κ1) is 21.0. The molecule has 144 valence electrons. The molecule has 1 saturated heterocycles. The van der Waals surface area contributed by atoms with Crippen molar-refractivity contribution in [3.05, 3.63) is 60.7 Å². The third-order valence-corrected chi connectivity index (χ3v) is 4.80. The molecule has 3 atom stereocenters. The van der Waals surface area contributed by atoms with Gasteiger partial charge in [0.2, 0.25) is 5.91 Å². The monoisotopic (exact) mass is 410 g/mol. The van der Waals surface area contributed by atoms with Crippen LogP contribution in [0.15, 0.2) is 55.1 Å². The number of carbonyl (C=O) groups is 3. The maximum Gasteiger partial charge on any atom is 0.333 e. The van der Waals surface area contributed by atoms with Gasteiger partial charge in [-0.25, -0.2) is 4.79 Å². The van der Waals surface area contributed by atoms with Crippen LogP contribution in [0.1, 0.15) is 12.0 Å². The molecule has 0 spiro atoms. The van der Waals surface area contributed by atoms with Crippen molar-refractivity contribution in [2.45, 2.75) is 30.6 Å². The lowest BCUT2D eigenvalue weighted by Gasteiger charge is -2.47. The molecule has 2 amide bonds. The van der Waals surface area contributed by atoms with Crippen molar-refractivity contribution >= 4 is 41.0 Å². The van der Waals surface area contributed by atoms with Crippen molar-refractivity contribution in [1.82, 2.24) is 10.2 Å². The van der Waals surface area contributed by atoms with E-state index in [-0.39, 0.29) is 30.4 Å². The van der Waals surface area contributed by atoms with Gasteiger partial charge in [-0.3, -0.25) is 9.59 Å². The van der Waals surface area contributed by atoms with E-state index in [4.69, 9.17) is 27.9 Å². The Morgan fingerprint density at radius 1 is 1.33 bits per heavy atom.